The molecule has 9 atom stereocenters. The second-order valence-electron chi connectivity index (χ2n) is 12.5. The molecule has 1 aromatic carbocycles. The molecule has 2 unspecified atom stereocenters. The van der Waals surface area contributed by atoms with Crippen LogP contribution < -0.4 is 0 Å². The molecule has 4 aliphatic rings. The van der Waals surface area contributed by atoms with E-state index in [9.17, 15) is 19.7 Å². The van der Waals surface area contributed by atoms with Gasteiger partial charge in [0, 0.05) is 19.5 Å². The second-order valence-corrected chi connectivity index (χ2v) is 12.5. The molecule has 1 amide bonds. The molecule has 0 aromatic heterocycles. The topological polar surface area (TPSA) is 89.8 Å². The number of likely N-dealkylation sites (tertiary alicyclic amines) is 1. The van der Waals surface area contributed by atoms with Crippen LogP contribution in [0, 0.1) is 50.5 Å². The summed E-state index contributed by atoms with van der Waals surface area (Å²) in [6.07, 6.45) is 6.65. The number of ether oxygens (including phenoxy) is 1. The average Bonchev–Trinajstić information content (AvgIpc) is 3.22. The summed E-state index contributed by atoms with van der Waals surface area (Å²) in [6.45, 7) is 6.68. The number of hydrogen-bond donors (Lipinski definition) is 0. The van der Waals surface area contributed by atoms with Crippen LogP contribution in [0.15, 0.2) is 30.3 Å². The van der Waals surface area contributed by atoms with Gasteiger partial charge < -0.3 is 9.64 Å². The third-order valence-corrected chi connectivity index (χ3v) is 11.2. The van der Waals surface area contributed by atoms with Crippen molar-refractivity contribution < 1.29 is 19.2 Å². The standard InChI is InChI=1S/C29H40N2O5/c1-18(26(31(34)35)36-27(33)19-8-6-5-7-9-19)21-11-12-22-20-10-13-24-29(3,17-15-25(32)30(24)4)23(20)14-16-28(21,22)2/h5-9,18,20-24,26H,10-17H2,1-4H3/t18?,20-,21+,22-,23-,24+,26?,28+,29+/m0/s1. The Kier molecular flexibility index (Phi) is 6.40. The number of esters is 1. The van der Waals surface area contributed by atoms with Gasteiger partial charge in [-0.2, -0.15) is 0 Å². The zero-order valence-electron chi connectivity index (χ0n) is 22.0. The van der Waals surface area contributed by atoms with Crippen LogP contribution in [-0.4, -0.2) is 41.0 Å². The molecule has 0 bridgehead atoms. The quantitative estimate of drug-likeness (QED) is 0.230. The van der Waals surface area contributed by atoms with Crippen molar-refractivity contribution in [2.75, 3.05) is 7.05 Å². The molecular weight excluding hydrogens is 456 g/mol. The lowest BCUT2D eigenvalue weighted by molar-refractivity contribution is -0.579. The van der Waals surface area contributed by atoms with E-state index in [2.05, 4.69) is 13.8 Å². The summed E-state index contributed by atoms with van der Waals surface area (Å²) in [5, 5.41) is 12.1. The molecule has 7 nitrogen and oxygen atoms in total. The minimum absolute atomic E-state index is 0.00752. The minimum atomic E-state index is -1.35. The van der Waals surface area contributed by atoms with Gasteiger partial charge >= 0.3 is 12.2 Å². The Bertz CT molecular complexity index is 1030. The maximum atomic E-state index is 12.7. The molecule has 3 aliphatic carbocycles. The van der Waals surface area contributed by atoms with Crippen molar-refractivity contribution in [3.05, 3.63) is 46.0 Å². The summed E-state index contributed by atoms with van der Waals surface area (Å²) >= 11 is 0. The summed E-state index contributed by atoms with van der Waals surface area (Å²) in [7, 11) is 1.99. The Balaban J connectivity index is 1.35. The number of carbonyl (C=O) groups is 2. The highest BCUT2D eigenvalue weighted by Gasteiger charge is 2.62. The smallest absolute Gasteiger partial charge is 0.359 e. The zero-order valence-corrected chi connectivity index (χ0v) is 22.0. The Morgan fingerprint density at radius 1 is 1.06 bits per heavy atom. The number of fused-ring (bicyclic) bond motifs is 5. The highest BCUT2D eigenvalue weighted by atomic mass is 16.7. The van der Waals surface area contributed by atoms with Crippen molar-refractivity contribution >= 4 is 11.9 Å². The number of hydrogen-bond acceptors (Lipinski definition) is 5. The van der Waals surface area contributed by atoms with E-state index in [1.165, 1.54) is 0 Å². The Hall–Kier alpha value is -2.44. The molecule has 0 N–H and O–H groups in total. The van der Waals surface area contributed by atoms with Crippen molar-refractivity contribution in [3.8, 4) is 0 Å². The van der Waals surface area contributed by atoms with Crippen LogP contribution in [0.25, 0.3) is 0 Å². The maximum absolute atomic E-state index is 12.7. The van der Waals surface area contributed by atoms with Crippen LogP contribution in [0.2, 0.25) is 0 Å². The number of benzene rings is 1. The Morgan fingerprint density at radius 3 is 2.44 bits per heavy atom. The fourth-order valence-electron chi connectivity index (χ4n) is 9.35. The lowest BCUT2D eigenvalue weighted by Crippen LogP contribution is -2.61. The molecule has 0 spiro atoms. The van der Waals surface area contributed by atoms with Crippen molar-refractivity contribution in [1.29, 1.82) is 0 Å². The first-order valence-electron chi connectivity index (χ1n) is 13.7. The van der Waals surface area contributed by atoms with E-state index in [4.69, 9.17) is 4.74 Å². The van der Waals surface area contributed by atoms with E-state index in [1.54, 1.807) is 30.3 Å². The van der Waals surface area contributed by atoms with Gasteiger partial charge in [-0.1, -0.05) is 39.0 Å². The van der Waals surface area contributed by atoms with E-state index in [1.807, 2.05) is 18.9 Å². The molecule has 196 valence electrons. The number of carbonyl (C=O) groups excluding carboxylic acids is 2. The minimum Gasteiger partial charge on any atom is -0.394 e. The van der Waals surface area contributed by atoms with Crippen molar-refractivity contribution in [2.45, 2.75) is 84.4 Å². The lowest BCUT2D eigenvalue weighted by Gasteiger charge is -2.62. The van der Waals surface area contributed by atoms with Crippen molar-refractivity contribution in [2.24, 2.45) is 40.4 Å². The molecule has 1 saturated heterocycles. The van der Waals surface area contributed by atoms with Gasteiger partial charge in [0.1, 0.15) is 0 Å². The summed E-state index contributed by atoms with van der Waals surface area (Å²) in [6, 6.07) is 8.86. The van der Waals surface area contributed by atoms with E-state index >= 15 is 0 Å². The molecule has 0 radical (unpaired) electrons. The SMILES string of the molecule is CC(C(OC(=O)c1ccccc1)[N+](=O)[O-])[C@H]1CC[C@H]2[C@@H]3CC[C@H]4N(C)C(=O)CC[C@]4(C)[C@H]3CC[C@]12C. The van der Waals surface area contributed by atoms with Gasteiger partial charge in [-0.15, -0.1) is 0 Å². The third kappa shape index (κ3) is 3.84. The summed E-state index contributed by atoms with van der Waals surface area (Å²) in [5.74, 6) is 1.16. The van der Waals surface area contributed by atoms with Gasteiger partial charge in [-0.25, -0.2) is 4.79 Å². The molecule has 5 rings (SSSR count). The van der Waals surface area contributed by atoms with Crippen LogP contribution in [0.3, 0.4) is 0 Å². The summed E-state index contributed by atoms with van der Waals surface area (Å²) < 4.78 is 5.54. The first-order chi connectivity index (χ1) is 17.1. The maximum Gasteiger partial charge on any atom is 0.359 e. The van der Waals surface area contributed by atoms with E-state index in [0.717, 1.165) is 44.9 Å². The second kappa shape index (κ2) is 9.14. The Morgan fingerprint density at radius 2 is 1.75 bits per heavy atom. The van der Waals surface area contributed by atoms with Gasteiger partial charge in [0.05, 0.1) is 16.4 Å². The van der Waals surface area contributed by atoms with Crippen molar-refractivity contribution in [3.63, 3.8) is 0 Å². The molecular formula is C29H40N2O5. The van der Waals surface area contributed by atoms with Gasteiger partial charge in [0.25, 0.3) is 0 Å². The number of nitrogens with zero attached hydrogens (tertiary/aromatic N) is 2. The van der Waals surface area contributed by atoms with Crippen LogP contribution in [0.5, 0.6) is 0 Å². The first kappa shape index (κ1) is 25.2. The van der Waals surface area contributed by atoms with Crippen LogP contribution in [0.1, 0.15) is 82.5 Å². The number of nitro groups is 1. The monoisotopic (exact) mass is 496 g/mol. The predicted molar refractivity (Wildman–Crippen MR) is 135 cm³/mol. The zero-order chi connectivity index (χ0) is 25.8. The lowest BCUT2D eigenvalue weighted by atomic mass is 9.46. The Labute approximate surface area is 214 Å². The van der Waals surface area contributed by atoms with E-state index in [-0.39, 0.29) is 28.6 Å². The predicted octanol–water partition coefficient (Wildman–Crippen LogP) is 5.56. The molecule has 1 heterocycles. The van der Waals surface area contributed by atoms with Crippen molar-refractivity contribution in [1.82, 2.24) is 4.90 Å². The fourth-order valence-corrected chi connectivity index (χ4v) is 9.35. The molecule has 36 heavy (non-hydrogen) atoms. The van der Waals surface area contributed by atoms with Gasteiger partial charge in [-0.3, -0.25) is 14.9 Å². The number of rotatable bonds is 5. The molecule has 1 aliphatic heterocycles. The summed E-state index contributed by atoms with van der Waals surface area (Å²) in [5.41, 5.74) is 0.507. The third-order valence-electron chi connectivity index (χ3n) is 11.2. The van der Waals surface area contributed by atoms with E-state index < -0.39 is 17.1 Å². The first-order valence-corrected chi connectivity index (χ1v) is 13.7. The van der Waals surface area contributed by atoms with Crippen LogP contribution in [0.4, 0.5) is 0 Å². The largest absolute Gasteiger partial charge is 0.394 e. The number of piperidine rings is 1. The highest BCUT2D eigenvalue weighted by Crippen LogP contribution is 2.67. The normalized spacial score (nSPS) is 39.4. The van der Waals surface area contributed by atoms with Gasteiger partial charge in [0.15, 0.2) is 0 Å². The van der Waals surface area contributed by atoms with Gasteiger partial charge in [-0.05, 0) is 91.6 Å². The molecule has 4 fully saturated rings. The van der Waals surface area contributed by atoms with Gasteiger partial charge in [0.2, 0.25) is 5.91 Å². The fraction of sp³-hybridized carbons (Fsp3) is 0.724. The molecule has 7 heteroatoms. The number of amides is 1. The highest BCUT2D eigenvalue weighted by molar-refractivity contribution is 5.89. The average molecular weight is 497 g/mol. The van der Waals surface area contributed by atoms with Crippen LogP contribution in [-0.2, 0) is 9.53 Å². The summed E-state index contributed by atoms with van der Waals surface area (Å²) in [4.78, 5) is 38.8. The van der Waals surface area contributed by atoms with E-state index in [0.29, 0.717) is 35.8 Å². The van der Waals surface area contributed by atoms with Crippen LogP contribution >= 0.6 is 0 Å². The molecule has 1 aromatic rings. The molecule has 3 saturated carbocycles.